The van der Waals surface area contributed by atoms with Crippen molar-refractivity contribution >= 4 is 6.09 Å². The van der Waals surface area contributed by atoms with E-state index in [0.29, 0.717) is 38.9 Å². The Morgan fingerprint density at radius 3 is 2.40 bits per heavy atom. The van der Waals surface area contributed by atoms with Crippen molar-refractivity contribution in [2.75, 3.05) is 19.6 Å². The van der Waals surface area contributed by atoms with E-state index >= 15 is 0 Å². The van der Waals surface area contributed by atoms with Crippen LogP contribution in [-0.2, 0) is 11.2 Å². The highest BCUT2D eigenvalue weighted by atomic mass is 19.3. The van der Waals surface area contributed by atoms with Crippen LogP contribution < -0.4 is 0 Å². The number of amides is 1. The fourth-order valence-electron chi connectivity index (χ4n) is 5.08. The van der Waals surface area contributed by atoms with Gasteiger partial charge in [0, 0.05) is 25.6 Å². The molecule has 1 unspecified atom stereocenters. The van der Waals surface area contributed by atoms with Gasteiger partial charge in [-0.2, -0.15) is 8.78 Å². The largest absolute Gasteiger partial charge is 0.438 e. The molecule has 158 valence electrons. The Labute approximate surface area is 173 Å². The van der Waals surface area contributed by atoms with Gasteiger partial charge in [-0.05, 0) is 48.1 Å². The number of piperidine rings is 3. The third-order valence-corrected chi connectivity index (χ3v) is 6.66. The minimum absolute atomic E-state index is 0.324. The Bertz CT molecular complexity index is 942. The van der Waals surface area contributed by atoms with E-state index in [1.165, 1.54) is 17.0 Å². The minimum atomic E-state index is -3.14. The first kappa shape index (κ1) is 19.4. The summed E-state index contributed by atoms with van der Waals surface area (Å²) in [4.78, 5) is 15.8. The molecular formula is C23H23F3N2O2. The predicted molar refractivity (Wildman–Crippen MR) is 105 cm³/mol. The number of ether oxygens (including phenoxy) is 1. The van der Waals surface area contributed by atoms with Crippen molar-refractivity contribution in [2.45, 2.75) is 37.5 Å². The molecule has 2 bridgehead atoms. The Morgan fingerprint density at radius 1 is 1.00 bits per heavy atom. The number of fused-ring (bicyclic) bond motifs is 4. The van der Waals surface area contributed by atoms with Gasteiger partial charge in [-0.1, -0.05) is 36.4 Å². The van der Waals surface area contributed by atoms with Crippen molar-refractivity contribution in [3.63, 3.8) is 0 Å². The summed E-state index contributed by atoms with van der Waals surface area (Å²) in [6.07, 6.45) is -0.342. The summed E-state index contributed by atoms with van der Waals surface area (Å²) in [5.41, 5.74) is 2.72. The Hall–Kier alpha value is -2.54. The first-order chi connectivity index (χ1) is 14.4. The highest BCUT2D eigenvalue weighted by Crippen LogP contribution is 2.44. The van der Waals surface area contributed by atoms with Gasteiger partial charge in [0.25, 0.3) is 0 Å². The number of carbonyl (C=O) groups is 1. The van der Waals surface area contributed by atoms with Crippen LogP contribution in [0.3, 0.4) is 0 Å². The van der Waals surface area contributed by atoms with E-state index in [-0.39, 0.29) is 11.7 Å². The first-order valence-corrected chi connectivity index (χ1v) is 10.4. The van der Waals surface area contributed by atoms with E-state index in [4.69, 9.17) is 4.74 Å². The van der Waals surface area contributed by atoms with E-state index in [9.17, 15) is 18.0 Å². The van der Waals surface area contributed by atoms with Crippen molar-refractivity contribution in [3.8, 4) is 0 Å². The van der Waals surface area contributed by atoms with E-state index in [0.717, 1.165) is 21.6 Å². The van der Waals surface area contributed by atoms with Crippen LogP contribution >= 0.6 is 0 Å². The summed E-state index contributed by atoms with van der Waals surface area (Å²) < 4.78 is 48.6. The van der Waals surface area contributed by atoms with E-state index in [1.807, 2.05) is 24.3 Å². The molecule has 0 aromatic heterocycles. The molecule has 2 aromatic rings. The quantitative estimate of drug-likeness (QED) is 0.671. The van der Waals surface area contributed by atoms with Crippen molar-refractivity contribution in [3.05, 3.63) is 71.0 Å². The molecule has 7 heteroatoms. The maximum absolute atomic E-state index is 14.8. The first-order valence-electron chi connectivity index (χ1n) is 10.4. The SMILES string of the molecule is O=C(OC1C2CCN(CC2)C1(F)F)N1CCc2ccccc2[C@@H]1c1ccc(F)cc1. The number of carbonyl (C=O) groups excluding carboxylic acids is 1. The van der Waals surface area contributed by atoms with Crippen molar-refractivity contribution in [1.29, 1.82) is 0 Å². The summed E-state index contributed by atoms with van der Waals surface area (Å²) in [6.45, 7) is 1.02. The van der Waals surface area contributed by atoms with Gasteiger partial charge in [0.05, 0.1) is 6.04 Å². The van der Waals surface area contributed by atoms with Gasteiger partial charge in [-0.15, -0.1) is 0 Å². The molecule has 30 heavy (non-hydrogen) atoms. The van der Waals surface area contributed by atoms with Crippen LogP contribution in [0.25, 0.3) is 0 Å². The maximum Gasteiger partial charge on any atom is 0.411 e. The van der Waals surface area contributed by atoms with Gasteiger partial charge in [-0.25, -0.2) is 14.1 Å². The molecule has 3 fully saturated rings. The molecule has 0 radical (unpaired) electrons. The zero-order chi connectivity index (χ0) is 20.9. The van der Waals surface area contributed by atoms with Gasteiger partial charge in [0.15, 0.2) is 6.10 Å². The number of hydrogen-bond acceptors (Lipinski definition) is 3. The number of benzene rings is 2. The van der Waals surface area contributed by atoms with Crippen LogP contribution in [0.4, 0.5) is 18.0 Å². The molecule has 2 atom stereocenters. The summed E-state index contributed by atoms with van der Waals surface area (Å²) in [5.74, 6) is -0.695. The molecule has 4 heterocycles. The molecule has 0 N–H and O–H groups in total. The molecule has 4 aliphatic heterocycles. The van der Waals surface area contributed by atoms with Crippen molar-refractivity contribution in [1.82, 2.24) is 9.80 Å². The number of halogens is 3. The fourth-order valence-corrected chi connectivity index (χ4v) is 5.08. The molecule has 6 rings (SSSR count). The summed E-state index contributed by atoms with van der Waals surface area (Å²) in [7, 11) is 0. The Morgan fingerprint density at radius 2 is 1.70 bits per heavy atom. The van der Waals surface area contributed by atoms with Crippen LogP contribution in [0.15, 0.2) is 48.5 Å². The standard InChI is InChI=1S/C23H23F3N2O2/c24-18-7-5-16(6-8-18)20-19-4-2-1-3-15(19)11-14-28(20)22(29)30-21-17-9-12-27(13-10-17)23(21,25)26/h1-8,17,20-21H,9-14H2/t20-,21?/m0/s1. The lowest BCUT2D eigenvalue weighted by atomic mass is 9.84. The van der Waals surface area contributed by atoms with Gasteiger partial charge in [0.2, 0.25) is 0 Å². The summed E-state index contributed by atoms with van der Waals surface area (Å²) >= 11 is 0. The second kappa shape index (κ2) is 7.30. The van der Waals surface area contributed by atoms with Crippen LogP contribution in [0.5, 0.6) is 0 Å². The normalized spacial score (nSPS) is 29.4. The van der Waals surface area contributed by atoms with Crippen molar-refractivity contribution < 1.29 is 22.7 Å². The van der Waals surface area contributed by atoms with Gasteiger partial charge in [0.1, 0.15) is 5.82 Å². The Kier molecular flexibility index (Phi) is 4.73. The monoisotopic (exact) mass is 416 g/mol. The predicted octanol–water partition coefficient (Wildman–Crippen LogP) is 4.60. The van der Waals surface area contributed by atoms with E-state index in [2.05, 4.69) is 0 Å². The molecule has 0 aliphatic carbocycles. The lowest BCUT2D eigenvalue weighted by Crippen LogP contribution is -2.64. The fraction of sp³-hybridized carbons (Fsp3) is 0.435. The lowest BCUT2D eigenvalue weighted by molar-refractivity contribution is -0.271. The molecule has 4 aliphatic rings. The third-order valence-electron chi connectivity index (χ3n) is 6.66. The Balaban J connectivity index is 1.46. The molecule has 1 amide bonds. The highest BCUT2D eigenvalue weighted by Gasteiger charge is 2.58. The zero-order valence-electron chi connectivity index (χ0n) is 16.4. The topological polar surface area (TPSA) is 32.8 Å². The van der Waals surface area contributed by atoms with Crippen LogP contribution in [0.1, 0.15) is 35.6 Å². The molecule has 4 nitrogen and oxygen atoms in total. The van der Waals surface area contributed by atoms with Crippen LogP contribution in [0.2, 0.25) is 0 Å². The number of nitrogens with zero attached hydrogens (tertiary/aromatic N) is 2. The minimum Gasteiger partial charge on any atom is -0.438 e. The average molecular weight is 416 g/mol. The van der Waals surface area contributed by atoms with Crippen LogP contribution in [0, 0.1) is 11.7 Å². The number of hydrogen-bond donors (Lipinski definition) is 0. The molecule has 3 saturated heterocycles. The zero-order valence-corrected chi connectivity index (χ0v) is 16.4. The molecule has 0 spiro atoms. The molecule has 2 aromatic carbocycles. The maximum atomic E-state index is 14.8. The van der Waals surface area contributed by atoms with Gasteiger partial charge >= 0.3 is 12.1 Å². The molecular weight excluding hydrogens is 393 g/mol. The second-order valence-electron chi connectivity index (χ2n) is 8.31. The highest BCUT2D eigenvalue weighted by molar-refractivity contribution is 5.70. The van der Waals surface area contributed by atoms with Crippen LogP contribution in [-0.4, -0.2) is 47.7 Å². The van der Waals surface area contributed by atoms with Gasteiger partial charge < -0.3 is 4.74 Å². The summed E-state index contributed by atoms with van der Waals surface area (Å²) in [6, 6.07) is 10.0. The second-order valence-corrected chi connectivity index (χ2v) is 8.31. The number of rotatable bonds is 2. The smallest absolute Gasteiger partial charge is 0.411 e. The third kappa shape index (κ3) is 3.16. The van der Waals surface area contributed by atoms with Crippen molar-refractivity contribution in [2.24, 2.45) is 5.92 Å². The molecule has 0 saturated carbocycles. The van der Waals surface area contributed by atoms with Gasteiger partial charge in [-0.3, -0.25) is 4.90 Å². The lowest BCUT2D eigenvalue weighted by Gasteiger charge is -2.50. The number of alkyl halides is 2. The summed E-state index contributed by atoms with van der Waals surface area (Å²) in [5, 5.41) is 0. The van der Waals surface area contributed by atoms with E-state index in [1.54, 1.807) is 12.1 Å². The average Bonchev–Trinajstić information content (AvgIpc) is 2.76. The van der Waals surface area contributed by atoms with E-state index < -0.39 is 24.3 Å².